The summed E-state index contributed by atoms with van der Waals surface area (Å²) >= 11 is 0. The van der Waals surface area contributed by atoms with E-state index in [1.54, 1.807) is 6.26 Å². The summed E-state index contributed by atoms with van der Waals surface area (Å²) < 4.78 is 7.70. The van der Waals surface area contributed by atoms with Crippen molar-refractivity contribution in [1.82, 2.24) is 9.88 Å². The number of nitrogens with zero attached hydrogens (tertiary/aromatic N) is 1. The Labute approximate surface area is 200 Å². The minimum Gasteiger partial charge on any atom is -0.468 e. The maximum Gasteiger partial charge on any atom is 0.117 e. The van der Waals surface area contributed by atoms with Gasteiger partial charge in [-0.05, 0) is 48.7 Å². The Morgan fingerprint density at radius 2 is 1.59 bits per heavy atom. The molecule has 0 radical (unpaired) electrons. The molecule has 0 aliphatic rings. The van der Waals surface area contributed by atoms with Crippen LogP contribution >= 0.6 is 0 Å². The molecule has 0 saturated heterocycles. The molecule has 0 fully saturated rings. The Hall–Kier alpha value is -3.60. The third-order valence-corrected chi connectivity index (χ3v) is 6.25. The highest BCUT2D eigenvalue weighted by Gasteiger charge is 2.23. The SMILES string of the molecule is Cc1cc(C)c2c(c1)c(-c1ccccc1)c(-c1ccccc1)n2C[C@H](O)CNCc1ccco1. The first-order valence-corrected chi connectivity index (χ1v) is 11.8. The number of aliphatic hydroxyl groups excluding tert-OH is 1. The van der Waals surface area contributed by atoms with Crippen LogP contribution in [-0.2, 0) is 13.1 Å². The average molecular weight is 451 g/mol. The molecule has 5 aromatic rings. The number of benzene rings is 3. The highest BCUT2D eigenvalue weighted by molar-refractivity contribution is 6.06. The van der Waals surface area contributed by atoms with Crippen molar-refractivity contribution < 1.29 is 9.52 Å². The molecule has 5 rings (SSSR count). The van der Waals surface area contributed by atoms with Gasteiger partial charge in [0.05, 0.1) is 36.7 Å². The number of aliphatic hydroxyl groups is 1. The van der Waals surface area contributed by atoms with E-state index >= 15 is 0 Å². The highest BCUT2D eigenvalue weighted by atomic mass is 16.3. The summed E-state index contributed by atoms with van der Waals surface area (Å²) in [5, 5.41) is 15.6. The number of hydrogen-bond acceptors (Lipinski definition) is 3. The molecular weight excluding hydrogens is 420 g/mol. The second-order valence-electron chi connectivity index (χ2n) is 8.91. The van der Waals surface area contributed by atoms with Gasteiger partial charge in [0.2, 0.25) is 0 Å². The molecule has 4 heteroatoms. The molecule has 34 heavy (non-hydrogen) atoms. The maximum absolute atomic E-state index is 11.1. The molecule has 0 aliphatic heterocycles. The number of aromatic nitrogens is 1. The Kier molecular flexibility index (Phi) is 6.35. The second kappa shape index (κ2) is 9.72. The lowest BCUT2D eigenvalue weighted by atomic mass is 9.97. The summed E-state index contributed by atoms with van der Waals surface area (Å²) in [6.45, 7) is 5.86. The van der Waals surface area contributed by atoms with Gasteiger partial charge in [-0.2, -0.15) is 0 Å². The third kappa shape index (κ3) is 4.43. The van der Waals surface area contributed by atoms with Crippen molar-refractivity contribution in [1.29, 1.82) is 0 Å². The fourth-order valence-electron chi connectivity index (χ4n) is 4.91. The predicted octanol–water partition coefficient (Wildman–Crippen LogP) is 6.34. The molecule has 0 aliphatic carbocycles. The highest BCUT2D eigenvalue weighted by Crippen LogP contribution is 2.42. The zero-order valence-corrected chi connectivity index (χ0v) is 19.7. The number of nitrogens with one attached hydrogen (secondary N) is 1. The molecule has 2 N–H and O–H groups in total. The topological polar surface area (TPSA) is 50.3 Å². The summed E-state index contributed by atoms with van der Waals surface area (Å²) in [5.74, 6) is 0.862. The Morgan fingerprint density at radius 1 is 0.882 bits per heavy atom. The Balaban J connectivity index is 1.62. The van der Waals surface area contributed by atoms with E-state index in [1.807, 2.05) is 18.2 Å². The van der Waals surface area contributed by atoms with Crippen LogP contribution in [0.25, 0.3) is 33.3 Å². The van der Waals surface area contributed by atoms with Gasteiger partial charge in [0.15, 0.2) is 0 Å². The van der Waals surface area contributed by atoms with Gasteiger partial charge in [-0.25, -0.2) is 0 Å². The van der Waals surface area contributed by atoms with E-state index in [-0.39, 0.29) is 0 Å². The summed E-state index contributed by atoms with van der Waals surface area (Å²) in [7, 11) is 0. The van der Waals surface area contributed by atoms with Gasteiger partial charge in [-0.1, -0.05) is 72.3 Å². The normalized spacial score (nSPS) is 12.3. The van der Waals surface area contributed by atoms with Crippen molar-refractivity contribution >= 4 is 10.9 Å². The van der Waals surface area contributed by atoms with Crippen LogP contribution in [-0.4, -0.2) is 22.3 Å². The Morgan fingerprint density at radius 3 is 2.26 bits per heavy atom. The van der Waals surface area contributed by atoms with Crippen LogP contribution in [0.1, 0.15) is 16.9 Å². The molecule has 3 aromatic carbocycles. The van der Waals surface area contributed by atoms with Crippen molar-refractivity contribution in [2.24, 2.45) is 0 Å². The van der Waals surface area contributed by atoms with E-state index in [9.17, 15) is 5.11 Å². The van der Waals surface area contributed by atoms with Crippen LogP contribution in [0.3, 0.4) is 0 Å². The molecule has 2 heterocycles. The lowest BCUT2D eigenvalue weighted by molar-refractivity contribution is 0.152. The maximum atomic E-state index is 11.1. The monoisotopic (exact) mass is 450 g/mol. The van der Waals surface area contributed by atoms with Crippen molar-refractivity contribution in [2.75, 3.05) is 6.54 Å². The van der Waals surface area contributed by atoms with Gasteiger partial charge in [-0.15, -0.1) is 0 Å². The first kappa shape index (κ1) is 22.2. The molecule has 4 nitrogen and oxygen atoms in total. The predicted molar refractivity (Wildman–Crippen MR) is 139 cm³/mol. The van der Waals surface area contributed by atoms with Gasteiger partial charge in [0.1, 0.15) is 5.76 Å². The molecule has 0 bridgehead atoms. The molecule has 0 unspecified atom stereocenters. The van der Waals surface area contributed by atoms with Crippen LogP contribution < -0.4 is 5.32 Å². The van der Waals surface area contributed by atoms with E-state index in [4.69, 9.17) is 4.42 Å². The van der Waals surface area contributed by atoms with E-state index < -0.39 is 6.10 Å². The van der Waals surface area contributed by atoms with Crippen molar-refractivity contribution in [3.8, 4) is 22.4 Å². The Bertz CT molecular complexity index is 1370. The van der Waals surface area contributed by atoms with E-state index in [2.05, 4.69) is 90.5 Å². The van der Waals surface area contributed by atoms with Gasteiger partial charge >= 0.3 is 0 Å². The van der Waals surface area contributed by atoms with Crippen LogP contribution in [0.4, 0.5) is 0 Å². The number of aryl methyl sites for hydroxylation is 2. The molecule has 172 valence electrons. The van der Waals surface area contributed by atoms with Crippen molar-refractivity contribution in [2.45, 2.75) is 33.0 Å². The zero-order chi connectivity index (χ0) is 23.5. The lowest BCUT2D eigenvalue weighted by Gasteiger charge is -2.18. The van der Waals surface area contributed by atoms with Crippen LogP contribution in [0.2, 0.25) is 0 Å². The molecule has 0 amide bonds. The van der Waals surface area contributed by atoms with E-state index in [0.717, 1.165) is 17.0 Å². The van der Waals surface area contributed by atoms with Crippen LogP contribution in [0.15, 0.2) is 95.6 Å². The minimum atomic E-state index is -0.558. The van der Waals surface area contributed by atoms with Crippen LogP contribution in [0.5, 0.6) is 0 Å². The molecule has 0 spiro atoms. The quantitative estimate of drug-likeness (QED) is 0.290. The molecule has 2 aromatic heterocycles. The summed E-state index contributed by atoms with van der Waals surface area (Å²) in [5.41, 5.74) is 8.30. The van der Waals surface area contributed by atoms with E-state index in [1.165, 1.54) is 33.2 Å². The smallest absolute Gasteiger partial charge is 0.117 e. The number of hydrogen-bond donors (Lipinski definition) is 2. The van der Waals surface area contributed by atoms with Crippen LogP contribution in [0, 0.1) is 13.8 Å². The van der Waals surface area contributed by atoms with Gasteiger partial charge in [-0.3, -0.25) is 0 Å². The van der Waals surface area contributed by atoms with Gasteiger partial charge in [0, 0.05) is 17.5 Å². The molecular formula is C30H30N2O2. The fourth-order valence-corrected chi connectivity index (χ4v) is 4.91. The average Bonchev–Trinajstić information content (AvgIpc) is 3.46. The number of furan rings is 1. The number of rotatable bonds is 8. The standard InChI is InChI=1S/C30H30N2O2/c1-21-16-22(2)29-27(17-21)28(23-10-5-3-6-11-23)30(24-12-7-4-8-13-24)32(29)20-25(33)18-31-19-26-14-9-15-34-26/h3-17,25,31,33H,18-20H2,1-2H3/t25-/m1/s1. The minimum absolute atomic E-state index is 0.472. The first-order chi connectivity index (χ1) is 16.6. The third-order valence-electron chi connectivity index (χ3n) is 6.25. The zero-order valence-electron chi connectivity index (χ0n) is 19.7. The molecule has 0 saturated carbocycles. The summed E-state index contributed by atoms with van der Waals surface area (Å²) in [6.07, 6.45) is 1.11. The van der Waals surface area contributed by atoms with Crippen molar-refractivity contribution in [3.05, 3.63) is 108 Å². The lowest BCUT2D eigenvalue weighted by Crippen LogP contribution is -2.30. The van der Waals surface area contributed by atoms with Gasteiger partial charge < -0.3 is 19.4 Å². The number of fused-ring (bicyclic) bond motifs is 1. The second-order valence-corrected chi connectivity index (χ2v) is 8.91. The van der Waals surface area contributed by atoms with Gasteiger partial charge in [0.25, 0.3) is 0 Å². The van der Waals surface area contributed by atoms with Crippen molar-refractivity contribution in [3.63, 3.8) is 0 Å². The largest absolute Gasteiger partial charge is 0.468 e. The van der Waals surface area contributed by atoms with E-state index in [0.29, 0.717) is 19.6 Å². The summed E-state index contributed by atoms with van der Waals surface area (Å²) in [4.78, 5) is 0. The first-order valence-electron chi connectivity index (χ1n) is 11.8. The summed E-state index contributed by atoms with van der Waals surface area (Å²) in [6, 6.07) is 29.4. The fraction of sp³-hybridized carbons (Fsp3) is 0.200. The molecule has 1 atom stereocenters.